The van der Waals surface area contributed by atoms with Crippen molar-refractivity contribution in [3.8, 4) is 5.75 Å². The van der Waals surface area contributed by atoms with E-state index in [1.54, 1.807) is 0 Å². The number of para-hydroxylation sites is 1. The lowest BCUT2D eigenvalue weighted by Gasteiger charge is -2.10. The van der Waals surface area contributed by atoms with Crippen LogP contribution in [0.15, 0.2) is 48.5 Å². The van der Waals surface area contributed by atoms with Crippen molar-refractivity contribution in [2.45, 2.75) is 6.92 Å². The molecule has 0 unspecified atom stereocenters. The molecule has 0 radical (unpaired) electrons. The molecule has 0 saturated heterocycles. The van der Waals surface area contributed by atoms with Crippen LogP contribution in [0, 0.1) is 6.92 Å². The second kappa shape index (κ2) is 6.31. The Hall–Kier alpha value is -1.67. The molecular weight excluding hydrogens is 246 g/mol. The Morgan fingerprint density at radius 3 is 2.61 bits per heavy atom. The summed E-state index contributed by atoms with van der Waals surface area (Å²) in [6.45, 7) is 3.35. The average molecular weight is 262 g/mol. The predicted octanol–water partition coefficient (Wildman–Crippen LogP) is 4.14. The van der Waals surface area contributed by atoms with E-state index in [1.165, 1.54) is 0 Å². The van der Waals surface area contributed by atoms with Crippen LogP contribution < -0.4 is 10.1 Å². The molecule has 0 saturated carbocycles. The van der Waals surface area contributed by atoms with Gasteiger partial charge in [-0.05, 0) is 36.8 Å². The van der Waals surface area contributed by atoms with Gasteiger partial charge in [0.25, 0.3) is 0 Å². The fourth-order valence-electron chi connectivity index (χ4n) is 1.63. The molecule has 0 heterocycles. The van der Waals surface area contributed by atoms with Crippen LogP contribution in [0.2, 0.25) is 5.02 Å². The Bertz CT molecular complexity index is 499. The van der Waals surface area contributed by atoms with Gasteiger partial charge in [0.2, 0.25) is 0 Å². The van der Waals surface area contributed by atoms with Crippen molar-refractivity contribution < 1.29 is 4.74 Å². The zero-order valence-corrected chi connectivity index (χ0v) is 11.1. The highest BCUT2D eigenvalue weighted by Gasteiger charge is 1.99. The van der Waals surface area contributed by atoms with Crippen molar-refractivity contribution in [3.63, 3.8) is 0 Å². The zero-order valence-electron chi connectivity index (χ0n) is 10.3. The quantitative estimate of drug-likeness (QED) is 0.817. The first-order valence-electron chi connectivity index (χ1n) is 5.93. The smallest absolute Gasteiger partial charge is 0.119 e. The molecule has 0 aromatic heterocycles. The van der Waals surface area contributed by atoms with Gasteiger partial charge in [0.15, 0.2) is 0 Å². The first-order valence-corrected chi connectivity index (χ1v) is 6.31. The van der Waals surface area contributed by atoms with Crippen LogP contribution in [-0.2, 0) is 0 Å². The van der Waals surface area contributed by atoms with Gasteiger partial charge in [0, 0.05) is 6.54 Å². The number of halogens is 1. The minimum Gasteiger partial charge on any atom is -0.492 e. The van der Waals surface area contributed by atoms with E-state index in [4.69, 9.17) is 16.3 Å². The topological polar surface area (TPSA) is 21.3 Å². The number of nitrogens with one attached hydrogen (secondary N) is 1. The van der Waals surface area contributed by atoms with Gasteiger partial charge < -0.3 is 10.1 Å². The zero-order chi connectivity index (χ0) is 12.8. The summed E-state index contributed by atoms with van der Waals surface area (Å²) in [6.07, 6.45) is 0. The largest absolute Gasteiger partial charge is 0.492 e. The number of anilines is 1. The molecule has 0 spiro atoms. The summed E-state index contributed by atoms with van der Waals surface area (Å²) >= 11 is 6.12. The molecule has 2 rings (SSSR count). The van der Waals surface area contributed by atoms with Crippen molar-refractivity contribution >= 4 is 17.3 Å². The first kappa shape index (κ1) is 12.8. The van der Waals surface area contributed by atoms with Gasteiger partial charge in [-0.15, -0.1) is 0 Å². The van der Waals surface area contributed by atoms with E-state index in [-0.39, 0.29) is 0 Å². The van der Waals surface area contributed by atoms with Gasteiger partial charge in [0.05, 0.1) is 10.7 Å². The van der Waals surface area contributed by atoms with E-state index in [0.29, 0.717) is 6.61 Å². The van der Waals surface area contributed by atoms with Crippen LogP contribution in [0.3, 0.4) is 0 Å². The summed E-state index contributed by atoms with van der Waals surface area (Å²) in [4.78, 5) is 0. The van der Waals surface area contributed by atoms with Crippen LogP contribution in [0.5, 0.6) is 5.75 Å². The summed E-state index contributed by atoms with van der Waals surface area (Å²) in [7, 11) is 0. The normalized spacial score (nSPS) is 10.1. The SMILES string of the molecule is Cc1ccc(NCCOc2ccccc2)c(Cl)c1. The van der Waals surface area contributed by atoms with Gasteiger partial charge >= 0.3 is 0 Å². The molecule has 2 nitrogen and oxygen atoms in total. The van der Waals surface area contributed by atoms with E-state index in [2.05, 4.69) is 5.32 Å². The van der Waals surface area contributed by atoms with Crippen LogP contribution in [-0.4, -0.2) is 13.2 Å². The highest BCUT2D eigenvalue weighted by molar-refractivity contribution is 6.33. The van der Waals surface area contributed by atoms with E-state index in [9.17, 15) is 0 Å². The van der Waals surface area contributed by atoms with Crippen molar-refractivity contribution in [3.05, 3.63) is 59.1 Å². The van der Waals surface area contributed by atoms with Gasteiger partial charge in [-0.3, -0.25) is 0 Å². The molecule has 2 aromatic rings. The fraction of sp³-hybridized carbons (Fsp3) is 0.200. The maximum Gasteiger partial charge on any atom is 0.119 e. The number of ether oxygens (including phenoxy) is 1. The summed E-state index contributed by atoms with van der Waals surface area (Å²) in [5.41, 5.74) is 2.10. The Morgan fingerprint density at radius 2 is 1.89 bits per heavy atom. The third kappa shape index (κ3) is 3.67. The van der Waals surface area contributed by atoms with Gasteiger partial charge in [-0.1, -0.05) is 35.9 Å². The Balaban J connectivity index is 1.79. The standard InChI is InChI=1S/C15H16ClNO/c1-12-7-8-15(14(16)11-12)17-9-10-18-13-5-3-2-4-6-13/h2-8,11,17H,9-10H2,1H3. The molecular formula is C15H16ClNO. The number of hydrogen-bond donors (Lipinski definition) is 1. The summed E-state index contributed by atoms with van der Waals surface area (Å²) in [5.74, 6) is 0.884. The summed E-state index contributed by atoms with van der Waals surface area (Å²) in [6, 6.07) is 15.7. The maximum atomic E-state index is 6.12. The van der Waals surface area contributed by atoms with E-state index in [0.717, 1.165) is 28.6 Å². The molecule has 0 bridgehead atoms. The minimum absolute atomic E-state index is 0.605. The van der Waals surface area contributed by atoms with Crippen molar-refractivity contribution in [1.29, 1.82) is 0 Å². The molecule has 0 aliphatic rings. The molecule has 94 valence electrons. The van der Waals surface area contributed by atoms with Crippen molar-refractivity contribution in [2.24, 2.45) is 0 Å². The highest BCUT2D eigenvalue weighted by atomic mass is 35.5. The lowest BCUT2D eigenvalue weighted by atomic mass is 10.2. The summed E-state index contributed by atoms with van der Waals surface area (Å²) in [5, 5.41) is 4.00. The third-order valence-corrected chi connectivity index (χ3v) is 2.87. The monoisotopic (exact) mass is 261 g/mol. The molecule has 0 atom stereocenters. The lowest BCUT2D eigenvalue weighted by Crippen LogP contribution is -2.11. The summed E-state index contributed by atoms with van der Waals surface area (Å²) < 4.78 is 5.59. The molecule has 0 fully saturated rings. The average Bonchev–Trinajstić information content (AvgIpc) is 2.38. The molecule has 2 aromatic carbocycles. The predicted molar refractivity (Wildman–Crippen MR) is 76.6 cm³/mol. The van der Waals surface area contributed by atoms with E-state index >= 15 is 0 Å². The Labute approximate surface area is 113 Å². The van der Waals surface area contributed by atoms with Gasteiger partial charge in [-0.25, -0.2) is 0 Å². The number of benzene rings is 2. The number of rotatable bonds is 5. The molecule has 0 amide bonds. The molecule has 1 N–H and O–H groups in total. The van der Waals surface area contributed by atoms with Crippen LogP contribution in [0.4, 0.5) is 5.69 Å². The lowest BCUT2D eigenvalue weighted by molar-refractivity contribution is 0.333. The van der Waals surface area contributed by atoms with Crippen molar-refractivity contribution in [1.82, 2.24) is 0 Å². The van der Waals surface area contributed by atoms with Crippen molar-refractivity contribution in [2.75, 3.05) is 18.5 Å². The fourth-order valence-corrected chi connectivity index (χ4v) is 1.94. The molecule has 3 heteroatoms. The third-order valence-electron chi connectivity index (χ3n) is 2.55. The van der Waals surface area contributed by atoms with Crippen LogP contribution >= 0.6 is 11.6 Å². The molecule has 0 aliphatic carbocycles. The first-order chi connectivity index (χ1) is 8.75. The van der Waals surface area contributed by atoms with E-state index < -0.39 is 0 Å². The van der Waals surface area contributed by atoms with Gasteiger partial charge in [0.1, 0.15) is 12.4 Å². The number of aryl methyl sites for hydroxylation is 1. The second-order valence-electron chi connectivity index (χ2n) is 4.07. The Morgan fingerprint density at radius 1 is 1.11 bits per heavy atom. The van der Waals surface area contributed by atoms with Crippen LogP contribution in [0.1, 0.15) is 5.56 Å². The van der Waals surface area contributed by atoms with Crippen LogP contribution in [0.25, 0.3) is 0 Å². The van der Waals surface area contributed by atoms with Gasteiger partial charge in [-0.2, -0.15) is 0 Å². The minimum atomic E-state index is 0.605. The molecule has 0 aliphatic heterocycles. The highest BCUT2D eigenvalue weighted by Crippen LogP contribution is 2.22. The molecule has 18 heavy (non-hydrogen) atoms. The Kier molecular flexibility index (Phi) is 4.48. The number of hydrogen-bond acceptors (Lipinski definition) is 2. The maximum absolute atomic E-state index is 6.12. The van der Waals surface area contributed by atoms with E-state index in [1.807, 2.05) is 55.5 Å². The second-order valence-corrected chi connectivity index (χ2v) is 4.48.